The molecule has 0 aliphatic heterocycles. The van der Waals surface area contributed by atoms with E-state index >= 15 is 0 Å². The first-order valence-electron chi connectivity index (χ1n) is 8.60. The summed E-state index contributed by atoms with van der Waals surface area (Å²) in [6, 6.07) is 8.83. The van der Waals surface area contributed by atoms with Gasteiger partial charge in [0, 0.05) is 11.3 Å². The van der Waals surface area contributed by atoms with Crippen LogP contribution in [0.2, 0.25) is 0 Å². The summed E-state index contributed by atoms with van der Waals surface area (Å²) in [7, 11) is 0. The molecule has 0 N–H and O–H groups in total. The molecule has 1 atom stereocenters. The van der Waals surface area contributed by atoms with Crippen LogP contribution in [-0.4, -0.2) is 0 Å². The summed E-state index contributed by atoms with van der Waals surface area (Å²) in [4.78, 5) is 0. The maximum absolute atomic E-state index is 2.42. The summed E-state index contributed by atoms with van der Waals surface area (Å²) in [5, 5.41) is 0. The number of fused-ring (bicyclic) bond motifs is 2. The van der Waals surface area contributed by atoms with Crippen molar-refractivity contribution < 1.29 is 0 Å². The highest BCUT2D eigenvalue weighted by Gasteiger charge is 2.38. The molecule has 23 heavy (non-hydrogen) atoms. The number of hydrogen-bond acceptors (Lipinski definition) is 0. The van der Waals surface area contributed by atoms with Gasteiger partial charge in [-0.05, 0) is 52.8 Å². The molecule has 0 heterocycles. The van der Waals surface area contributed by atoms with Crippen LogP contribution in [0.1, 0.15) is 51.2 Å². The molecule has 4 rings (SSSR count). The Morgan fingerprint density at radius 1 is 1.09 bits per heavy atom. The van der Waals surface area contributed by atoms with Gasteiger partial charge in [-0.25, -0.2) is 0 Å². The van der Waals surface area contributed by atoms with Gasteiger partial charge in [-0.15, -0.1) is 0 Å². The molecule has 0 nitrogen and oxygen atoms in total. The van der Waals surface area contributed by atoms with Gasteiger partial charge in [-0.1, -0.05) is 74.9 Å². The molecule has 0 radical (unpaired) electrons. The van der Waals surface area contributed by atoms with E-state index in [1.165, 1.54) is 39.0 Å². The van der Waals surface area contributed by atoms with Crippen LogP contribution in [0.15, 0.2) is 76.4 Å². The molecule has 1 unspecified atom stereocenters. The molecule has 1 aromatic carbocycles. The summed E-state index contributed by atoms with van der Waals surface area (Å²) in [5.74, 6) is 0.477. The third-order valence-electron chi connectivity index (χ3n) is 5.77. The molecule has 0 fully saturated rings. The lowest BCUT2D eigenvalue weighted by Gasteiger charge is -2.34. The molecule has 0 spiro atoms. The fraction of sp³-hybridized carbons (Fsp3) is 0.304. The van der Waals surface area contributed by atoms with Crippen LogP contribution in [0.25, 0.3) is 6.08 Å². The van der Waals surface area contributed by atoms with Gasteiger partial charge >= 0.3 is 0 Å². The van der Waals surface area contributed by atoms with E-state index < -0.39 is 0 Å². The Hall–Kier alpha value is -2.08. The average Bonchev–Trinajstić information content (AvgIpc) is 3.15. The van der Waals surface area contributed by atoms with Gasteiger partial charge in [-0.3, -0.25) is 0 Å². The molecule has 0 heteroatoms. The van der Waals surface area contributed by atoms with E-state index in [0.29, 0.717) is 5.92 Å². The molecule has 1 aromatic rings. The standard InChI is InChI=1S/C23H24/c1-15-13-20-16(2)19-12-8-5-9-17(19)14-21(20)22(15)23(3,4)18-10-6-7-11-18/h5-10,12-14,16H,11H2,1-4H3. The van der Waals surface area contributed by atoms with Crippen molar-refractivity contribution >= 4 is 6.08 Å². The quantitative estimate of drug-likeness (QED) is 0.596. The van der Waals surface area contributed by atoms with Crippen molar-refractivity contribution in [2.45, 2.75) is 40.0 Å². The molecule has 3 aliphatic carbocycles. The first-order chi connectivity index (χ1) is 11.0. The normalized spacial score (nSPS) is 22.6. The summed E-state index contributed by atoms with van der Waals surface area (Å²) >= 11 is 0. The molecular weight excluding hydrogens is 276 g/mol. The predicted octanol–water partition coefficient (Wildman–Crippen LogP) is 6.36. The molecule has 3 aliphatic rings. The van der Waals surface area contributed by atoms with Crippen LogP contribution in [-0.2, 0) is 0 Å². The maximum atomic E-state index is 2.42. The van der Waals surface area contributed by atoms with Gasteiger partial charge in [0.15, 0.2) is 0 Å². The average molecular weight is 300 g/mol. The Balaban J connectivity index is 1.85. The Kier molecular flexibility index (Phi) is 3.13. The monoisotopic (exact) mass is 300 g/mol. The van der Waals surface area contributed by atoms with Crippen LogP contribution in [0, 0.1) is 5.41 Å². The molecule has 116 valence electrons. The van der Waals surface area contributed by atoms with Crippen molar-refractivity contribution in [3.63, 3.8) is 0 Å². The smallest absolute Gasteiger partial charge is 0.0120 e. The minimum atomic E-state index is 0.0870. The Morgan fingerprint density at radius 2 is 1.87 bits per heavy atom. The summed E-state index contributed by atoms with van der Waals surface area (Å²) in [6.07, 6.45) is 12.7. The van der Waals surface area contributed by atoms with Crippen molar-refractivity contribution in [2.24, 2.45) is 5.41 Å². The van der Waals surface area contributed by atoms with Gasteiger partial charge in [-0.2, -0.15) is 0 Å². The van der Waals surface area contributed by atoms with E-state index in [0.717, 1.165) is 6.42 Å². The van der Waals surface area contributed by atoms with Crippen LogP contribution in [0.5, 0.6) is 0 Å². The second-order valence-electron chi connectivity index (χ2n) is 7.52. The Morgan fingerprint density at radius 3 is 2.61 bits per heavy atom. The van der Waals surface area contributed by atoms with Crippen LogP contribution < -0.4 is 0 Å². The zero-order valence-corrected chi connectivity index (χ0v) is 14.5. The Labute approximate surface area is 139 Å². The number of rotatable bonds is 2. The van der Waals surface area contributed by atoms with Crippen molar-refractivity contribution in [3.8, 4) is 0 Å². The predicted molar refractivity (Wildman–Crippen MR) is 99.2 cm³/mol. The zero-order valence-electron chi connectivity index (χ0n) is 14.5. The lowest BCUT2D eigenvalue weighted by atomic mass is 9.70. The molecular formula is C23H24. The number of hydrogen-bond donors (Lipinski definition) is 0. The van der Waals surface area contributed by atoms with Gasteiger partial charge in [0.1, 0.15) is 0 Å². The highest BCUT2D eigenvalue weighted by atomic mass is 14.4. The highest BCUT2D eigenvalue weighted by molar-refractivity contribution is 5.79. The highest BCUT2D eigenvalue weighted by Crippen LogP contribution is 2.53. The third kappa shape index (κ3) is 2.05. The van der Waals surface area contributed by atoms with Crippen molar-refractivity contribution in [1.29, 1.82) is 0 Å². The topological polar surface area (TPSA) is 0 Å². The Bertz CT molecular complexity index is 835. The van der Waals surface area contributed by atoms with E-state index in [4.69, 9.17) is 0 Å². The van der Waals surface area contributed by atoms with Crippen molar-refractivity contribution in [3.05, 3.63) is 87.6 Å². The van der Waals surface area contributed by atoms with E-state index in [1.807, 2.05) is 0 Å². The fourth-order valence-corrected chi connectivity index (χ4v) is 4.51. The van der Waals surface area contributed by atoms with Crippen LogP contribution in [0.4, 0.5) is 0 Å². The van der Waals surface area contributed by atoms with E-state index in [9.17, 15) is 0 Å². The summed E-state index contributed by atoms with van der Waals surface area (Å²) in [5.41, 5.74) is 10.4. The third-order valence-corrected chi connectivity index (χ3v) is 5.77. The van der Waals surface area contributed by atoms with Crippen molar-refractivity contribution in [1.82, 2.24) is 0 Å². The summed E-state index contributed by atoms with van der Waals surface area (Å²) < 4.78 is 0. The van der Waals surface area contributed by atoms with Gasteiger partial charge in [0.05, 0.1) is 0 Å². The van der Waals surface area contributed by atoms with E-state index in [2.05, 4.69) is 82.3 Å². The SMILES string of the molecule is CC1=C(C(C)(C)C2=CC=CC2)C2=Cc3ccccc3C(C)C2=C1. The summed E-state index contributed by atoms with van der Waals surface area (Å²) in [6.45, 7) is 9.39. The van der Waals surface area contributed by atoms with Crippen LogP contribution >= 0.6 is 0 Å². The molecule has 0 saturated carbocycles. The molecule has 0 saturated heterocycles. The number of benzene rings is 1. The largest absolute Gasteiger partial charge is 0.0804 e. The van der Waals surface area contributed by atoms with E-state index in [1.54, 1.807) is 0 Å². The fourth-order valence-electron chi connectivity index (χ4n) is 4.51. The second-order valence-corrected chi connectivity index (χ2v) is 7.52. The number of allylic oxidation sites excluding steroid dienone is 9. The molecule has 0 aromatic heterocycles. The maximum Gasteiger partial charge on any atom is 0.0120 e. The van der Waals surface area contributed by atoms with Crippen LogP contribution in [0.3, 0.4) is 0 Å². The van der Waals surface area contributed by atoms with E-state index in [-0.39, 0.29) is 5.41 Å². The minimum Gasteiger partial charge on any atom is -0.0804 e. The van der Waals surface area contributed by atoms with Gasteiger partial charge < -0.3 is 0 Å². The zero-order chi connectivity index (χ0) is 16.2. The lowest BCUT2D eigenvalue weighted by Crippen LogP contribution is -2.20. The first-order valence-corrected chi connectivity index (χ1v) is 8.60. The molecule has 0 amide bonds. The molecule has 0 bridgehead atoms. The first kappa shape index (κ1) is 14.5. The van der Waals surface area contributed by atoms with Gasteiger partial charge in [0.2, 0.25) is 0 Å². The van der Waals surface area contributed by atoms with Gasteiger partial charge in [0.25, 0.3) is 0 Å². The lowest BCUT2D eigenvalue weighted by molar-refractivity contribution is 0.535. The minimum absolute atomic E-state index is 0.0870. The van der Waals surface area contributed by atoms with Crippen molar-refractivity contribution in [2.75, 3.05) is 0 Å². The second kappa shape index (κ2) is 4.96.